The van der Waals surface area contributed by atoms with Gasteiger partial charge in [-0.05, 0) is 35.9 Å². The average Bonchev–Trinajstić information content (AvgIpc) is 2.41. The summed E-state index contributed by atoms with van der Waals surface area (Å²) < 4.78 is 76.2. The first kappa shape index (κ1) is 17.6. The predicted molar refractivity (Wildman–Crippen MR) is 78.4 cm³/mol. The summed E-state index contributed by atoms with van der Waals surface area (Å²) in [7, 11) is -4.02. The van der Waals surface area contributed by atoms with Crippen LogP contribution in [0.15, 0.2) is 47.4 Å². The highest BCUT2D eigenvalue weighted by atomic mass is 35.5. The van der Waals surface area contributed by atoms with Gasteiger partial charge in [0.1, 0.15) is 5.82 Å². The van der Waals surface area contributed by atoms with Crippen molar-refractivity contribution in [3.05, 3.63) is 58.9 Å². The fraction of sp³-hybridized carbons (Fsp3) is 0.143. The van der Waals surface area contributed by atoms with Gasteiger partial charge in [0.2, 0.25) is 0 Å². The summed E-state index contributed by atoms with van der Waals surface area (Å²) in [4.78, 5) is -0.219. The van der Waals surface area contributed by atoms with E-state index in [9.17, 15) is 26.0 Å². The standard InChI is InChI=1S/C14H10ClF4NO2S/c15-12-7-10(3-6-13(12)16)20-23(21,22)11-4-1-9(2-5-11)8-14(17,18)19/h1-7,20H,8H2. The molecule has 2 rings (SSSR count). The lowest BCUT2D eigenvalue weighted by Crippen LogP contribution is -2.14. The Hall–Kier alpha value is -1.80. The van der Waals surface area contributed by atoms with E-state index in [1.807, 2.05) is 0 Å². The van der Waals surface area contributed by atoms with Gasteiger partial charge in [-0.15, -0.1) is 0 Å². The van der Waals surface area contributed by atoms with Crippen LogP contribution in [0.1, 0.15) is 5.56 Å². The summed E-state index contributed by atoms with van der Waals surface area (Å²) >= 11 is 5.55. The SMILES string of the molecule is O=S(=O)(Nc1ccc(F)c(Cl)c1)c1ccc(CC(F)(F)F)cc1. The zero-order valence-corrected chi connectivity index (χ0v) is 12.9. The van der Waals surface area contributed by atoms with E-state index in [4.69, 9.17) is 11.6 Å². The summed E-state index contributed by atoms with van der Waals surface area (Å²) in [5.41, 5.74) is -0.0166. The van der Waals surface area contributed by atoms with E-state index < -0.39 is 28.4 Å². The van der Waals surface area contributed by atoms with Crippen molar-refractivity contribution in [2.24, 2.45) is 0 Å². The molecule has 0 aromatic heterocycles. The van der Waals surface area contributed by atoms with Gasteiger partial charge in [0.05, 0.1) is 22.0 Å². The zero-order valence-electron chi connectivity index (χ0n) is 11.4. The van der Waals surface area contributed by atoms with Gasteiger partial charge in [-0.1, -0.05) is 23.7 Å². The molecule has 0 heterocycles. The van der Waals surface area contributed by atoms with Crippen molar-refractivity contribution in [3.63, 3.8) is 0 Å². The number of benzene rings is 2. The number of halogens is 5. The van der Waals surface area contributed by atoms with E-state index in [1.54, 1.807) is 0 Å². The molecule has 0 spiro atoms. The third kappa shape index (κ3) is 4.84. The molecule has 1 N–H and O–H groups in total. The number of alkyl halides is 3. The number of nitrogens with one attached hydrogen (secondary N) is 1. The minimum Gasteiger partial charge on any atom is -0.280 e. The average molecular weight is 368 g/mol. The molecule has 0 radical (unpaired) electrons. The molecular formula is C14H10ClF4NO2S. The van der Waals surface area contributed by atoms with Crippen molar-refractivity contribution in [2.75, 3.05) is 4.72 Å². The first-order valence-electron chi connectivity index (χ1n) is 6.20. The van der Waals surface area contributed by atoms with Crippen LogP contribution in [0.4, 0.5) is 23.2 Å². The molecule has 0 bridgehead atoms. The van der Waals surface area contributed by atoms with Crippen LogP contribution in [-0.2, 0) is 16.4 Å². The summed E-state index contributed by atoms with van der Waals surface area (Å²) in [6, 6.07) is 7.55. The summed E-state index contributed by atoms with van der Waals surface area (Å²) in [6.45, 7) is 0. The number of rotatable bonds is 4. The highest BCUT2D eigenvalue weighted by Gasteiger charge is 2.27. The lowest BCUT2D eigenvalue weighted by Gasteiger charge is -2.10. The van der Waals surface area contributed by atoms with Gasteiger partial charge in [0.15, 0.2) is 0 Å². The maximum atomic E-state index is 13.0. The van der Waals surface area contributed by atoms with Crippen LogP contribution >= 0.6 is 11.6 Å². The molecular weight excluding hydrogens is 358 g/mol. The molecule has 23 heavy (non-hydrogen) atoms. The molecule has 0 unspecified atom stereocenters. The summed E-state index contributed by atoms with van der Waals surface area (Å²) in [5, 5.41) is -0.259. The molecule has 9 heteroatoms. The number of sulfonamides is 1. The largest absolute Gasteiger partial charge is 0.393 e. The van der Waals surface area contributed by atoms with E-state index >= 15 is 0 Å². The molecule has 0 saturated heterocycles. The zero-order chi connectivity index (χ0) is 17.3. The van der Waals surface area contributed by atoms with E-state index in [2.05, 4.69) is 4.72 Å². The maximum Gasteiger partial charge on any atom is 0.393 e. The minimum absolute atomic E-state index is 0.0377. The molecule has 2 aromatic rings. The maximum absolute atomic E-state index is 13.0. The number of hydrogen-bond acceptors (Lipinski definition) is 2. The lowest BCUT2D eigenvalue weighted by molar-refractivity contribution is -0.127. The first-order valence-corrected chi connectivity index (χ1v) is 8.06. The van der Waals surface area contributed by atoms with Crippen LogP contribution in [0, 0.1) is 5.82 Å². The van der Waals surface area contributed by atoms with E-state index in [0.717, 1.165) is 36.4 Å². The third-order valence-corrected chi connectivity index (χ3v) is 4.50. The fourth-order valence-corrected chi connectivity index (χ4v) is 3.02. The molecule has 2 aromatic carbocycles. The van der Waals surface area contributed by atoms with Crippen molar-refractivity contribution in [3.8, 4) is 0 Å². The van der Waals surface area contributed by atoms with Gasteiger partial charge >= 0.3 is 6.18 Å². The Morgan fingerprint density at radius 2 is 1.65 bits per heavy atom. The Morgan fingerprint density at radius 1 is 1.04 bits per heavy atom. The van der Waals surface area contributed by atoms with Crippen molar-refractivity contribution in [1.82, 2.24) is 0 Å². The predicted octanol–water partition coefficient (Wildman–Crippen LogP) is 4.38. The van der Waals surface area contributed by atoms with Crippen molar-refractivity contribution < 1.29 is 26.0 Å². The van der Waals surface area contributed by atoms with E-state index in [-0.39, 0.29) is 21.2 Å². The van der Waals surface area contributed by atoms with Crippen molar-refractivity contribution >= 4 is 27.3 Å². The van der Waals surface area contributed by atoms with Crippen LogP contribution in [0.2, 0.25) is 5.02 Å². The monoisotopic (exact) mass is 367 g/mol. The second-order valence-electron chi connectivity index (χ2n) is 4.67. The van der Waals surface area contributed by atoms with E-state index in [1.165, 1.54) is 6.07 Å². The topological polar surface area (TPSA) is 46.2 Å². The van der Waals surface area contributed by atoms with Gasteiger partial charge in [-0.2, -0.15) is 13.2 Å². The quantitative estimate of drug-likeness (QED) is 0.815. The molecule has 3 nitrogen and oxygen atoms in total. The van der Waals surface area contributed by atoms with Gasteiger partial charge in [-0.25, -0.2) is 12.8 Å². The van der Waals surface area contributed by atoms with Gasteiger partial charge in [0, 0.05) is 0 Å². The number of hydrogen-bond donors (Lipinski definition) is 1. The normalized spacial score (nSPS) is 12.2. The Kier molecular flexibility index (Phi) is 4.86. The van der Waals surface area contributed by atoms with Crippen LogP contribution < -0.4 is 4.72 Å². The van der Waals surface area contributed by atoms with Crippen LogP contribution in [0.3, 0.4) is 0 Å². The summed E-state index contributed by atoms with van der Waals surface area (Å²) in [6.07, 6.45) is -5.52. The molecule has 0 atom stereocenters. The fourth-order valence-electron chi connectivity index (χ4n) is 1.79. The van der Waals surface area contributed by atoms with Gasteiger partial charge in [0.25, 0.3) is 10.0 Å². The highest BCUT2D eigenvalue weighted by molar-refractivity contribution is 7.92. The number of anilines is 1. The molecule has 0 amide bonds. The van der Waals surface area contributed by atoms with Gasteiger partial charge in [-0.3, -0.25) is 4.72 Å². The van der Waals surface area contributed by atoms with Gasteiger partial charge < -0.3 is 0 Å². The molecule has 0 saturated carbocycles. The van der Waals surface area contributed by atoms with Crippen LogP contribution in [-0.4, -0.2) is 14.6 Å². The van der Waals surface area contributed by atoms with E-state index in [0.29, 0.717) is 0 Å². The molecule has 0 aliphatic rings. The minimum atomic E-state index is -4.37. The molecule has 124 valence electrons. The Labute approximate surface area is 134 Å². The molecule has 0 aliphatic carbocycles. The molecule has 0 fully saturated rings. The molecule has 0 aliphatic heterocycles. The highest BCUT2D eigenvalue weighted by Crippen LogP contribution is 2.24. The second-order valence-corrected chi connectivity index (χ2v) is 6.76. The van der Waals surface area contributed by atoms with Crippen LogP contribution in [0.25, 0.3) is 0 Å². The Morgan fingerprint density at radius 3 is 2.17 bits per heavy atom. The van der Waals surface area contributed by atoms with Crippen molar-refractivity contribution in [2.45, 2.75) is 17.5 Å². The Bertz CT molecular complexity index is 805. The van der Waals surface area contributed by atoms with Crippen molar-refractivity contribution in [1.29, 1.82) is 0 Å². The lowest BCUT2D eigenvalue weighted by atomic mass is 10.1. The first-order chi connectivity index (χ1) is 10.6. The Balaban J connectivity index is 2.20. The summed E-state index contributed by atoms with van der Waals surface area (Å²) in [5.74, 6) is -0.703. The smallest absolute Gasteiger partial charge is 0.280 e. The second kappa shape index (κ2) is 6.37. The third-order valence-electron chi connectivity index (χ3n) is 2.81. The van der Waals surface area contributed by atoms with Crippen LogP contribution in [0.5, 0.6) is 0 Å².